The normalized spacial score (nSPS) is 18.2. The Morgan fingerprint density at radius 1 is 0.667 bits per heavy atom. The zero-order chi connectivity index (χ0) is 15.4. The third-order valence-corrected chi connectivity index (χ3v) is 5.33. The van der Waals surface area contributed by atoms with Crippen molar-refractivity contribution >= 4 is 0 Å². The van der Waals surface area contributed by atoms with Gasteiger partial charge in [0.25, 0.3) is 0 Å². The highest BCUT2D eigenvalue weighted by Crippen LogP contribution is 2.49. The fraction of sp³-hybridized carbons (Fsp3) is 0.429. The van der Waals surface area contributed by atoms with Crippen molar-refractivity contribution in [1.82, 2.24) is 0 Å². The monoisotopic (exact) mass is 278 g/mol. The average molecular weight is 278 g/mol. The molecule has 1 aliphatic rings. The summed E-state index contributed by atoms with van der Waals surface area (Å²) in [5.41, 5.74) is 7.52. The van der Waals surface area contributed by atoms with Gasteiger partial charge in [0.05, 0.1) is 0 Å². The van der Waals surface area contributed by atoms with Crippen molar-refractivity contribution in [3.8, 4) is 0 Å². The van der Waals surface area contributed by atoms with Crippen LogP contribution in [0, 0.1) is 0 Å². The number of rotatable bonds is 1. The summed E-state index contributed by atoms with van der Waals surface area (Å²) in [7, 11) is 0. The number of fused-ring (bicyclic) bond motifs is 2. The molecule has 0 heteroatoms. The van der Waals surface area contributed by atoms with Crippen molar-refractivity contribution in [2.45, 2.75) is 58.3 Å². The van der Waals surface area contributed by atoms with Gasteiger partial charge in [-0.2, -0.15) is 0 Å². The first-order chi connectivity index (χ1) is 9.76. The Labute approximate surface area is 129 Å². The highest BCUT2D eigenvalue weighted by Gasteiger charge is 2.41. The maximum absolute atomic E-state index is 2.44. The summed E-state index contributed by atoms with van der Waals surface area (Å²) in [6, 6.07) is 16.1. The van der Waals surface area contributed by atoms with Crippen LogP contribution in [0.25, 0.3) is 0 Å². The van der Waals surface area contributed by atoms with E-state index < -0.39 is 0 Å². The van der Waals surface area contributed by atoms with Crippen molar-refractivity contribution in [2.24, 2.45) is 0 Å². The molecule has 0 heterocycles. The second-order valence-electron chi connectivity index (χ2n) is 7.76. The van der Waals surface area contributed by atoms with E-state index >= 15 is 0 Å². The topological polar surface area (TPSA) is 0 Å². The molecule has 0 amide bonds. The molecule has 0 radical (unpaired) electrons. The van der Waals surface area contributed by atoms with Gasteiger partial charge < -0.3 is 0 Å². The van der Waals surface area contributed by atoms with Crippen molar-refractivity contribution in [3.63, 3.8) is 0 Å². The van der Waals surface area contributed by atoms with Crippen LogP contribution in [-0.4, -0.2) is 0 Å². The molecule has 0 N–H and O–H groups in total. The molecule has 0 bridgehead atoms. The van der Waals surface area contributed by atoms with Gasteiger partial charge in [-0.1, -0.05) is 84.0 Å². The smallest absolute Gasteiger partial charge is 0.0152 e. The molecule has 2 aromatic rings. The minimum atomic E-state index is 0.0757. The molecule has 0 aromatic heterocycles. The molecule has 2 aromatic carbocycles. The lowest BCUT2D eigenvalue weighted by molar-refractivity contribution is 0.519. The molecule has 0 aliphatic heterocycles. The van der Waals surface area contributed by atoms with Crippen LogP contribution >= 0.6 is 0 Å². The van der Waals surface area contributed by atoms with Crippen LogP contribution in [0.3, 0.4) is 0 Å². The Hall–Kier alpha value is -1.56. The van der Waals surface area contributed by atoms with E-state index in [-0.39, 0.29) is 10.8 Å². The molecule has 0 nitrogen and oxygen atoms in total. The van der Waals surface area contributed by atoms with Gasteiger partial charge in [0, 0.05) is 10.8 Å². The van der Waals surface area contributed by atoms with Crippen molar-refractivity contribution in [2.75, 3.05) is 0 Å². The van der Waals surface area contributed by atoms with Gasteiger partial charge in [0.15, 0.2) is 0 Å². The van der Waals surface area contributed by atoms with Crippen LogP contribution in [0.4, 0.5) is 0 Å². The van der Waals surface area contributed by atoms with E-state index in [2.05, 4.69) is 84.0 Å². The van der Waals surface area contributed by atoms with Gasteiger partial charge in [-0.3, -0.25) is 0 Å². The van der Waals surface area contributed by atoms with E-state index in [1.165, 1.54) is 27.8 Å². The van der Waals surface area contributed by atoms with Gasteiger partial charge in [-0.15, -0.1) is 0 Å². The third kappa shape index (κ3) is 1.96. The highest BCUT2D eigenvalue weighted by atomic mass is 14.4. The highest BCUT2D eigenvalue weighted by molar-refractivity contribution is 5.59. The molecule has 0 fully saturated rings. The van der Waals surface area contributed by atoms with E-state index in [0.29, 0.717) is 5.92 Å². The second-order valence-corrected chi connectivity index (χ2v) is 7.76. The van der Waals surface area contributed by atoms with Crippen LogP contribution < -0.4 is 0 Å². The fourth-order valence-corrected chi connectivity index (χ4v) is 3.85. The van der Waals surface area contributed by atoms with Crippen LogP contribution in [0.5, 0.6) is 0 Å². The van der Waals surface area contributed by atoms with Gasteiger partial charge in [0.2, 0.25) is 0 Å². The Morgan fingerprint density at radius 2 is 1.14 bits per heavy atom. The lowest BCUT2D eigenvalue weighted by Crippen LogP contribution is -2.36. The Balaban J connectivity index is 2.33. The van der Waals surface area contributed by atoms with E-state index in [1.807, 2.05) is 0 Å². The molecule has 0 atom stereocenters. The molecule has 3 rings (SSSR count). The van der Waals surface area contributed by atoms with Crippen LogP contribution in [-0.2, 0) is 10.8 Å². The number of benzene rings is 2. The quantitative estimate of drug-likeness (QED) is 0.620. The molecular formula is C21H26. The second kappa shape index (κ2) is 4.47. The molecule has 0 unspecified atom stereocenters. The summed E-state index contributed by atoms with van der Waals surface area (Å²) in [4.78, 5) is 0. The summed E-state index contributed by atoms with van der Waals surface area (Å²) in [6.45, 7) is 14.0. The Kier molecular flexibility index (Phi) is 3.06. The third-order valence-electron chi connectivity index (χ3n) is 5.33. The Bertz CT molecular complexity index is 687. The average Bonchev–Trinajstić information content (AvgIpc) is 2.45. The number of hydrogen-bond donors (Lipinski definition) is 0. The minimum Gasteiger partial charge on any atom is -0.0619 e. The molecule has 110 valence electrons. The molecule has 1 aliphatic carbocycles. The summed E-state index contributed by atoms with van der Waals surface area (Å²) < 4.78 is 0. The van der Waals surface area contributed by atoms with E-state index in [0.717, 1.165) is 0 Å². The Morgan fingerprint density at radius 3 is 1.67 bits per heavy atom. The van der Waals surface area contributed by atoms with Crippen LogP contribution in [0.15, 0.2) is 42.5 Å². The number of hydrogen-bond acceptors (Lipinski definition) is 0. The minimum absolute atomic E-state index is 0.0757. The lowest BCUT2D eigenvalue weighted by Gasteiger charge is -2.44. The SMILES string of the molecule is CC(C)c1ccc2c(c1)C(C)(C)c1ccccc1C2(C)C. The van der Waals surface area contributed by atoms with Crippen LogP contribution in [0.2, 0.25) is 0 Å². The molecule has 21 heavy (non-hydrogen) atoms. The van der Waals surface area contributed by atoms with E-state index in [9.17, 15) is 0 Å². The molecular weight excluding hydrogens is 252 g/mol. The predicted molar refractivity (Wildman–Crippen MR) is 91.2 cm³/mol. The maximum atomic E-state index is 2.44. The van der Waals surface area contributed by atoms with Gasteiger partial charge in [-0.05, 0) is 33.7 Å². The standard InChI is InChI=1S/C21H26/c1-14(2)15-11-12-18-19(13-15)21(5,6)17-10-8-7-9-16(17)20(18,3)4/h7-14H,1-6H3. The molecule has 0 spiro atoms. The first kappa shape index (κ1) is 14.4. The van der Waals surface area contributed by atoms with Gasteiger partial charge in [0.1, 0.15) is 0 Å². The predicted octanol–water partition coefficient (Wildman–Crippen LogP) is 5.78. The summed E-state index contributed by atoms with van der Waals surface area (Å²) in [5, 5.41) is 0. The summed E-state index contributed by atoms with van der Waals surface area (Å²) in [5.74, 6) is 0.575. The van der Waals surface area contributed by atoms with E-state index in [4.69, 9.17) is 0 Å². The van der Waals surface area contributed by atoms with Crippen molar-refractivity contribution in [3.05, 3.63) is 70.3 Å². The van der Waals surface area contributed by atoms with Crippen LogP contribution in [0.1, 0.15) is 75.3 Å². The first-order valence-electron chi connectivity index (χ1n) is 8.01. The molecule has 0 saturated heterocycles. The van der Waals surface area contributed by atoms with Gasteiger partial charge >= 0.3 is 0 Å². The zero-order valence-corrected chi connectivity index (χ0v) is 14.1. The first-order valence-corrected chi connectivity index (χ1v) is 8.01. The largest absolute Gasteiger partial charge is 0.0619 e. The lowest BCUT2D eigenvalue weighted by atomic mass is 9.59. The van der Waals surface area contributed by atoms with Crippen molar-refractivity contribution < 1.29 is 0 Å². The summed E-state index contributed by atoms with van der Waals surface area (Å²) in [6.07, 6.45) is 0. The zero-order valence-electron chi connectivity index (χ0n) is 14.1. The molecule has 0 saturated carbocycles. The van der Waals surface area contributed by atoms with Gasteiger partial charge in [-0.25, -0.2) is 0 Å². The maximum Gasteiger partial charge on any atom is 0.0152 e. The van der Waals surface area contributed by atoms with Crippen molar-refractivity contribution in [1.29, 1.82) is 0 Å². The summed E-state index contributed by atoms with van der Waals surface area (Å²) >= 11 is 0. The fourth-order valence-electron chi connectivity index (χ4n) is 3.85. The van der Waals surface area contributed by atoms with E-state index in [1.54, 1.807) is 0 Å².